The summed E-state index contributed by atoms with van der Waals surface area (Å²) in [7, 11) is 0. The number of nitrogens with zero attached hydrogens (tertiary/aromatic N) is 2. The van der Waals surface area contributed by atoms with Crippen molar-refractivity contribution in [3.8, 4) is 6.07 Å². The monoisotopic (exact) mass is 194 g/mol. The molecule has 0 amide bonds. The molecule has 0 bridgehead atoms. The molecule has 3 nitrogen and oxygen atoms in total. The fourth-order valence-corrected chi connectivity index (χ4v) is 2.27. The number of rotatable bonds is 3. The van der Waals surface area contributed by atoms with Crippen molar-refractivity contribution in [3.05, 3.63) is 0 Å². The second kappa shape index (κ2) is 3.52. The van der Waals surface area contributed by atoms with Gasteiger partial charge >= 0.3 is 0 Å². The van der Waals surface area contributed by atoms with Crippen LogP contribution < -0.4 is 0 Å². The van der Waals surface area contributed by atoms with Crippen molar-refractivity contribution in [3.63, 3.8) is 0 Å². The van der Waals surface area contributed by atoms with Gasteiger partial charge in [0.15, 0.2) is 0 Å². The molecule has 0 radical (unpaired) electrons. The van der Waals surface area contributed by atoms with Crippen molar-refractivity contribution < 1.29 is 5.11 Å². The van der Waals surface area contributed by atoms with E-state index >= 15 is 0 Å². The minimum atomic E-state index is -0.524. The Morgan fingerprint density at radius 1 is 1.64 bits per heavy atom. The van der Waals surface area contributed by atoms with Gasteiger partial charge in [-0.25, -0.2) is 0 Å². The first-order valence-corrected chi connectivity index (χ1v) is 5.45. The van der Waals surface area contributed by atoms with Crippen LogP contribution in [0.25, 0.3) is 0 Å². The zero-order valence-corrected chi connectivity index (χ0v) is 8.74. The number of β-amino-alcohol motifs (C(OH)–C–C–N with tert-alkyl or cyclic N) is 1. The van der Waals surface area contributed by atoms with Gasteiger partial charge in [-0.15, -0.1) is 0 Å². The summed E-state index contributed by atoms with van der Waals surface area (Å²) in [5.41, 5.74) is -0.524. The molecule has 3 heteroatoms. The minimum Gasteiger partial charge on any atom is -0.389 e. The van der Waals surface area contributed by atoms with Gasteiger partial charge in [0.05, 0.1) is 17.6 Å². The number of hydrogen-bond donors (Lipinski definition) is 1. The van der Waals surface area contributed by atoms with Crippen LogP contribution >= 0.6 is 0 Å². The highest BCUT2D eigenvalue weighted by molar-refractivity contribution is 4.98. The van der Waals surface area contributed by atoms with Gasteiger partial charge in [-0.05, 0) is 32.1 Å². The second-order valence-electron chi connectivity index (χ2n) is 5.06. The molecule has 14 heavy (non-hydrogen) atoms. The predicted molar refractivity (Wildman–Crippen MR) is 53.5 cm³/mol. The van der Waals surface area contributed by atoms with Gasteiger partial charge < -0.3 is 5.11 Å². The molecule has 0 aromatic heterocycles. The molecular formula is C11H18N2O. The summed E-state index contributed by atoms with van der Waals surface area (Å²) < 4.78 is 0. The molecule has 2 fully saturated rings. The third-order valence-electron chi connectivity index (χ3n) is 3.34. The van der Waals surface area contributed by atoms with E-state index in [4.69, 9.17) is 5.26 Å². The Labute approximate surface area is 85.3 Å². The third-order valence-corrected chi connectivity index (χ3v) is 3.34. The lowest BCUT2D eigenvalue weighted by molar-refractivity contribution is 0.0673. The van der Waals surface area contributed by atoms with Gasteiger partial charge in [0, 0.05) is 19.6 Å². The number of likely N-dealkylation sites (tertiary alicyclic amines) is 1. The largest absolute Gasteiger partial charge is 0.389 e. The van der Waals surface area contributed by atoms with E-state index in [0.29, 0.717) is 5.92 Å². The van der Waals surface area contributed by atoms with Crippen molar-refractivity contribution >= 4 is 0 Å². The molecule has 78 valence electrons. The van der Waals surface area contributed by atoms with Crippen molar-refractivity contribution in [1.29, 1.82) is 5.26 Å². The Bertz CT molecular complexity index is 253. The Morgan fingerprint density at radius 2 is 2.36 bits per heavy atom. The standard InChI is InChI=1S/C11H18N2O/c1-11(14)4-5-13(8-11)7-10(6-12)9-2-3-9/h9-10,14H,2-5,7-8H2,1H3. The molecule has 1 aliphatic carbocycles. The lowest BCUT2D eigenvalue weighted by Gasteiger charge is -2.20. The van der Waals surface area contributed by atoms with E-state index in [-0.39, 0.29) is 5.92 Å². The van der Waals surface area contributed by atoms with Crippen molar-refractivity contribution in [2.24, 2.45) is 11.8 Å². The van der Waals surface area contributed by atoms with E-state index < -0.39 is 5.60 Å². The van der Waals surface area contributed by atoms with Gasteiger partial charge in [0.1, 0.15) is 0 Å². The van der Waals surface area contributed by atoms with Crippen LogP contribution in [0.4, 0.5) is 0 Å². The molecule has 0 aromatic rings. The molecule has 0 spiro atoms. The predicted octanol–water partition coefficient (Wildman–Crippen LogP) is 0.993. The molecule has 0 aromatic carbocycles. The quantitative estimate of drug-likeness (QED) is 0.729. The molecule has 2 atom stereocenters. The van der Waals surface area contributed by atoms with Crippen LogP contribution in [0.1, 0.15) is 26.2 Å². The van der Waals surface area contributed by atoms with Crippen molar-refractivity contribution in [2.45, 2.75) is 31.8 Å². The summed E-state index contributed by atoms with van der Waals surface area (Å²) >= 11 is 0. The van der Waals surface area contributed by atoms with Crippen LogP contribution in [0.3, 0.4) is 0 Å². The average molecular weight is 194 g/mol. The molecule has 2 unspecified atom stereocenters. The average Bonchev–Trinajstić information content (AvgIpc) is 2.88. The van der Waals surface area contributed by atoms with Gasteiger partial charge in [0.25, 0.3) is 0 Å². The van der Waals surface area contributed by atoms with Gasteiger partial charge in [0.2, 0.25) is 0 Å². The molecule has 1 heterocycles. The van der Waals surface area contributed by atoms with Crippen LogP contribution in [0.5, 0.6) is 0 Å². The van der Waals surface area contributed by atoms with E-state index in [1.54, 1.807) is 0 Å². The smallest absolute Gasteiger partial charge is 0.0758 e. The van der Waals surface area contributed by atoms with Gasteiger partial charge in [-0.2, -0.15) is 5.26 Å². The minimum absolute atomic E-state index is 0.198. The number of nitriles is 1. The highest BCUT2D eigenvalue weighted by Gasteiger charge is 2.36. The first-order valence-electron chi connectivity index (χ1n) is 5.45. The van der Waals surface area contributed by atoms with E-state index in [2.05, 4.69) is 11.0 Å². The summed E-state index contributed by atoms with van der Waals surface area (Å²) in [6.07, 6.45) is 3.29. The maximum absolute atomic E-state index is 9.78. The lowest BCUT2D eigenvalue weighted by Crippen LogP contribution is -2.33. The summed E-state index contributed by atoms with van der Waals surface area (Å²) in [5, 5.41) is 18.8. The number of hydrogen-bond acceptors (Lipinski definition) is 3. The third kappa shape index (κ3) is 2.26. The molecule has 1 aliphatic heterocycles. The van der Waals surface area contributed by atoms with Gasteiger partial charge in [-0.1, -0.05) is 0 Å². The van der Waals surface area contributed by atoms with Crippen molar-refractivity contribution in [1.82, 2.24) is 4.90 Å². The Kier molecular flexibility index (Phi) is 2.50. The molecule has 1 saturated heterocycles. The van der Waals surface area contributed by atoms with Crippen LogP contribution in [0.15, 0.2) is 0 Å². The fourth-order valence-electron chi connectivity index (χ4n) is 2.27. The van der Waals surface area contributed by atoms with E-state index in [1.807, 2.05) is 6.92 Å². The van der Waals surface area contributed by atoms with Crippen LogP contribution in [0, 0.1) is 23.2 Å². The second-order valence-corrected chi connectivity index (χ2v) is 5.06. The maximum Gasteiger partial charge on any atom is 0.0758 e. The van der Waals surface area contributed by atoms with Crippen LogP contribution in [-0.4, -0.2) is 35.2 Å². The Hall–Kier alpha value is -0.590. The SMILES string of the molecule is CC1(O)CCN(CC(C#N)C2CC2)C1. The zero-order valence-electron chi connectivity index (χ0n) is 8.74. The van der Waals surface area contributed by atoms with Crippen LogP contribution in [0.2, 0.25) is 0 Å². The summed E-state index contributed by atoms with van der Waals surface area (Å²) in [4.78, 5) is 2.23. The normalized spacial score (nSPS) is 35.5. The zero-order chi connectivity index (χ0) is 10.2. The lowest BCUT2D eigenvalue weighted by atomic mass is 10.1. The first kappa shape index (κ1) is 9.95. The van der Waals surface area contributed by atoms with E-state index in [0.717, 1.165) is 26.1 Å². The Morgan fingerprint density at radius 3 is 2.79 bits per heavy atom. The summed E-state index contributed by atoms with van der Waals surface area (Å²) in [6.45, 7) is 4.42. The Balaban J connectivity index is 1.83. The maximum atomic E-state index is 9.78. The summed E-state index contributed by atoms with van der Waals surface area (Å²) in [5.74, 6) is 0.842. The molecular weight excluding hydrogens is 176 g/mol. The molecule has 2 rings (SSSR count). The molecule has 1 N–H and O–H groups in total. The first-order chi connectivity index (χ1) is 6.61. The van der Waals surface area contributed by atoms with Crippen molar-refractivity contribution in [2.75, 3.05) is 19.6 Å². The fraction of sp³-hybridized carbons (Fsp3) is 0.909. The highest BCUT2D eigenvalue weighted by Crippen LogP contribution is 2.37. The van der Waals surface area contributed by atoms with Crippen LogP contribution in [-0.2, 0) is 0 Å². The summed E-state index contributed by atoms with van der Waals surface area (Å²) in [6, 6.07) is 2.39. The van der Waals surface area contributed by atoms with E-state index in [9.17, 15) is 5.11 Å². The molecule has 2 aliphatic rings. The van der Waals surface area contributed by atoms with Gasteiger partial charge in [-0.3, -0.25) is 4.90 Å². The molecule has 1 saturated carbocycles. The number of aliphatic hydroxyl groups is 1. The van der Waals surface area contributed by atoms with E-state index in [1.165, 1.54) is 12.8 Å². The topological polar surface area (TPSA) is 47.3 Å². The highest BCUT2D eigenvalue weighted by atomic mass is 16.3.